The Balaban J connectivity index is 1.62. The van der Waals surface area contributed by atoms with Gasteiger partial charge < -0.3 is 15.5 Å². The maximum atomic E-state index is 13.3. The molecule has 1 saturated heterocycles. The molecule has 5 nitrogen and oxygen atoms in total. The zero-order chi connectivity index (χ0) is 18.0. The van der Waals surface area contributed by atoms with E-state index in [2.05, 4.69) is 10.6 Å². The van der Waals surface area contributed by atoms with E-state index in [1.54, 1.807) is 12.1 Å². The van der Waals surface area contributed by atoms with Gasteiger partial charge in [0.05, 0.1) is 6.04 Å². The molecule has 0 spiro atoms. The number of halogens is 1. The van der Waals surface area contributed by atoms with Gasteiger partial charge >= 0.3 is 6.03 Å². The van der Waals surface area contributed by atoms with Crippen LogP contribution in [0.15, 0.2) is 42.5 Å². The van der Waals surface area contributed by atoms with Gasteiger partial charge in [-0.05, 0) is 43.7 Å². The molecule has 0 aromatic heterocycles. The molecule has 0 radical (unpaired) electrons. The van der Waals surface area contributed by atoms with Crippen molar-refractivity contribution in [3.05, 3.63) is 59.4 Å². The third kappa shape index (κ3) is 3.96. The van der Waals surface area contributed by atoms with E-state index in [1.807, 2.05) is 32.0 Å². The normalized spacial score (nSPS) is 16.8. The zero-order valence-corrected chi connectivity index (χ0v) is 14.2. The average molecular weight is 341 g/mol. The van der Waals surface area contributed by atoms with E-state index in [-0.39, 0.29) is 24.4 Å². The Bertz CT molecular complexity index is 822. The number of urea groups is 1. The van der Waals surface area contributed by atoms with Gasteiger partial charge in [-0.2, -0.15) is 0 Å². The molecule has 2 N–H and O–H groups in total. The lowest BCUT2D eigenvalue weighted by Gasteiger charge is -2.18. The molecule has 0 bridgehead atoms. The van der Waals surface area contributed by atoms with Crippen LogP contribution in [0, 0.1) is 19.7 Å². The van der Waals surface area contributed by atoms with Crippen molar-refractivity contribution in [3.63, 3.8) is 0 Å². The van der Waals surface area contributed by atoms with E-state index in [9.17, 15) is 14.0 Å². The minimum absolute atomic E-state index is 0.137. The van der Waals surface area contributed by atoms with Crippen LogP contribution in [0.2, 0.25) is 0 Å². The van der Waals surface area contributed by atoms with Crippen molar-refractivity contribution < 1.29 is 14.0 Å². The molecular weight excluding hydrogens is 321 g/mol. The monoisotopic (exact) mass is 341 g/mol. The lowest BCUT2D eigenvalue weighted by atomic mass is 10.1. The maximum Gasteiger partial charge on any atom is 0.319 e. The molecular formula is C19H20FN3O2. The first-order valence-electron chi connectivity index (χ1n) is 8.13. The number of carbonyl (C=O) groups is 2. The lowest BCUT2D eigenvalue weighted by molar-refractivity contribution is -0.117. The molecule has 25 heavy (non-hydrogen) atoms. The SMILES string of the molecule is Cc1ccc(NC(=O)N[C@H]2CC(=O)N(c3cccc(F)c3)C2)c(C)c1. The van der Waals surface area contributed by atoms with E-state index in [4.69, 9.17) is 0 Å². The summed E-state index contributed by atoms with van der Waals surface area (Å²) in [7, 11) is 0. The molecule has 1 heterocycles. The predicted molar refractivity (Wildman–Crippen MR) is 95.2 cm³/mol. The molecule has 0 aliphatic carbocycles. The van der Waals surface area contributed by atoms with Crippen molar-refractivity contribution >= 4 is 23.3 Å². The van der Waals surface area contributed by atoms with Crippen molar-refractivity contribution in [3.8, 4) is 0 Å². The van der Waals surface area contributed by atoms with Crippen molar-refractivity contribution in [2.75, 3.05) is 16.8 Å². The van der Waals surface area contributed by atoms with Crippen molar-refractivity contribution in [1.29, 1.82) is 0 Å². The Hall–Kier alpha value is -2.89. The molecule has 0 saturated carbocycles. The first-order valence-corrected chi connectivity index (χ1v) is 8.13. The molecule has 1 aliphatic rings. The largest absolute Gasteiger partial charge is 0.333 e. The molecule has 3 rings (SSSR count). The highest BCUT2D eigenvalue weighted by molar-refractivity contribution is 5.97. The van der Waals surface area contributed by atoms with E-state index in [0.29, 0.717) is 12.2 Å². The Morgan fingerprint density at radius 3 is 2.72 bits per heavy atom. The number of nitrogens with zero attached hydrogens (tertiary/aromatic N) is 1. The Labute approximate surface area is 145 Å². The number of aryl methyl sites for hydroxylation is 2. The van der Waals surface area contributed by atoms with E-state index in [1.165, 1.54) is 17.0 Å². The summed E-state index contributed by atoms with van der Waals surface area (Å²) < 4.78 is 13.3. The summed E-state index contributed by atoms with van der Waals surface area (Å²) in [5.41, 5.74) is 3.33. The number of carbonyl (C=O) groups excluding carboxylic acids is 2. The summed E-state index contributed by atoms with van der Waals surface area (Å²) in [6.45, 7) is 4.23. The molecule has 1 aliphatic heterocycles. The van der Waals surface area contributed by atoms with Gasteiger partial charge in [-0.3, -0.25) is 4.79 Å². The average Bonchev–Trinajstić information content (AvgIpc) is 2.90. The molecule has 2 aromatic rings. The molecule has 1 fully saturated rings. The smallest absolute Gasteiger partial charge is 0.319 e. The number of benzene rings is 2. The summed E-state index contributed by atoms with van der Waals surface area (Å²) >= 11 is 0. The predicted octanol–water partition coefficient (Wildman–Crippen LogP) is 3.37. The second-order valence-electron chi connectivity index (χ2n) is 6.30. The molecule has 130 valence electrons. The van der Waals surface area contributed by atoms with Crippen LogP contribution in [-0.2, 0) is 4.79 Å². The summed E-state index contributed by atoms with van der Waals surface area (Å²) in [5.74, 6) is -0.531. The van der Waals surface area contributed by atoms with E-state index >= 15 is 0 Å². The second kappa shape index (κ2) is 6.93. The van der Waals surface area contributed by atoms with Crippen LogP contribution >= 0.6 is 0 Å². The Kier molecular flexibility index (Phi) is 4.70. The maximum absolute atomic E-state index is 13.3. The summed E-state index contributed by atoms with van der Waals surface area (Å²) in [4.78, 5) is 25.8. The van der Waals surface area contributed by atoms with Gasteiger partial charge in [0.1, 0.15) is 5.82 Å². The van der Waals surface area contributed by atoms with Crippen molar-refractivity contribution in [1.82, 2.24) is 5.32 Å². The highest BCUT2D eigenvalue weighted by atomic mass is 19.1. The van der Waals surface area contributed by atoms with E-state index < -0.39 is 5.82 Å². The molecule has 2 aromatic carbocycles. The molecule has 6 heteroatoms. The van der Waals surface area contributed by atoms with Gasteiger partial charge in [0.25, 0.3) is 0 Å². The number of amides is 3. The minimum atomic E-state index is -0.394. The third-order valence-electron chi connectivity index (χ3n) is 4.21. The van der Waals surface area contributed by atoms with Crippen LogP contribution in [-0.4, -0.2) is 24.5 Å². The quantitative estimate of drug-likeness (QED) is 0.899. The Morgan fingerprint density at radius 1 is 1.20 bits per heavy atom. The number of rotatable bonds is 3. The standard InChI is InChI=1S/C19H20FN3O2/c1-12-6-7-17(13(2)8-12)22-19(25)21-15-10-18(24)23(11-15)16-5-3-4-14(20)9-16/h3-9,15H,10-11H2,1-2H3,(H2,21,22,25)/t15-/m0/s1. The summed E-state index contributed by atoms with van der Waals surface area (Å²) in [5, 5.41) is 5.61. The third-order valence-corrected chi connectivity index (χ3v) is 4.21. The Morgan fingerprint density at radius 2 is 2.00 bits per heavy atom. The van der Waals surface area contributed by atoms with Gasteiger partial charge in [-0.25, -0.2) is 9.18 Å². The van der Waals surface area contributed by atoms with Gasteiger partial charge in [0.2, 0.25) is 5.91 Å². The van der Waals surface area contributed by atoms with Crippen LogP contribution in [0.3, 0.4) is 0 Å². The lowest BCUT2D eigenvalue weighted by Crippen LogP contribution is -2.39. The number of nitrogens with one attached hydrogen (secondary N) is 2. The van der Waals surface area contributed by atoms with Crippen LogP contribution in [0.1, 0.15) is 17.5 Å². The zero-order valence-electron chi connectivity index (χ0n) is 14.2. The van der Waals surface area contributed by atoms with Gasteiger partial charge in [-0.1, -0.05) is 23.8 Å². The highest BCUT2D eigenvalue weighted by Crippen LogP contribution is 2.22. The summed E-state index contributed by atoms with van der Waals surface area (Å²) in [6, 6.07) is 11.0. The molecule has 3 amide bonds. The second-order valence-corrected chi connectivity index (χ2v) is 6.30. The fourth-order valence-electron chi connectivity index (χ4n) is 3.00. The van der Waals surface area contributed by atoms with Crippen LogP contribution in [0.25, 0.3) is 0 Å². The topological polar surface area (TPSA) is 61.4 Å². The van der Waals surface area contributed by atoms with Crippen molar-refractivity contribution in [2.45, 2.75) is 26.3 Å². The number of hydrogen-bond donors (Lipinski definition) is 2. The fraction of sp³-hybridized carbons (Fsp3) is 0.263. The van der Waals surface area contributed by atoms with Gasteiger partial charge in [-0.15, -0.1) is 0 Å². The van der Waals surface area contributed by atoms with Gasteiger partial charge in [0, 0.05) is 24.3 Å². The van der Waals surface area contributed by atoms with Crippen LogP contribution in [0.4, 0.5) is 20.6 Å². The van der Waals surface area contributed by atoms with Crippen molar-refractivity contribution in [2.24, 2.45) is 0 Å². The number of anilines is 2. The molecule has 1 atom stereocenters. The van der Waals surface area contributed by atoms with E-state index in [0.717, 1.165) is 16.8 Å². The minimum Gasteiger partial charge on any atom is -0.333 e. The fourth-order valence-corrected chi connectivity index (χ4v) is 3.00. The highest BCUT2D eigenvalue weighted by Gasteiger charge is 2.31. The first-order chi connectivity index (χ1) is 11.9. The first kappa shape index (κ1) is 17.0. The molecule has 0 unspecified atom stereocenters. The van der Waals surface area contributed by atoms with Gasteiger partial charge in [0.15, 0.2) is 0 Å². The summed E-state index contributed by atoms with van der Waals surface area (Å²) in [6.07, 6.45) is 0.191. The number of hydrogen-bond acceptors (Lipinski definition) is 2. The van der Waals surface area contributed by atoms with Crippen LogP contribution in [0.5, 0.6) is 0 Å². The van der Waals surface area contributed by atoms with Crippen LogP contribution < -0.4 is 15.5 Å².